The molecule has 33 heavy (non-hydrogen) atoms. The molecule has 0 saturated heterocycles. The minimum atomic E-state index is -3.91. The normalized spacial score (nSPS) is 11.3. The van der Waals surface area contributed by atoms with Crippen molar-refractivity contribution < 1.29 is 22.7 Å². The molecule has 3 rings (SSSR count). The number of carbonyl (C=O) groups is 1. The van der Waals surface area contributed by atoms with Crippen molar-refractivity contribution >= 4 is 21.6 Å². The van der Waals surface area contributed by atoms with Crippen LogP contribution in [-0.2, 0) is 21.4 Å². The van der Waals surface area contributed by atoms with E-state index in [4.69, 9.17) is 9.47 Å². The maximum absolute atomic E-state index is 13.4. The van der Waals surface area contributed by atoms with E-state index in [2.05, 4.69) is 5.32 Å². The molecule has 0 heterocycles. The molecule has 0 atom stereocenters. The predicted molar refractivity (Wildman–Crippen MR) is 128 cm³/mol. The fourth-order valence-corrected chi connectivity index (χ4v) is 4.64. The average Bonchev–Trinajstić information content (AvgIpc) is 2.80. The van der Waals surface area contributed by atoms with Crippen molar-refractivity contribution in [3.8, 4) is 11.5 Å². The zero-order chi connectivity index (χ0) is 24.0. The van der Waals surface area contributed by atoms with Gasteiger partial charge in [-0.3, -0.25) is 4.79 Å². The maximum Gasteiger partial charge on any atom is 0.243 e. The Labute approximate surface area is 195 Å². The highest BCUT2D eigenvalue weighted by Gasteiger charge is 2.27. The molecule has 0 aliphatic rings. The lowest BCUT2D eigenvalue weighted by Crippen LogP contribution is -2.37. The van der Waals surface area contributed by atoms with Gasteiger partial charge in [0, 0.05) is 18.3 Å². The Hall–Kier alpha value is -3.36. The third-order valence-corrected chi connectivity index (χ3v) is 6.93. The second kappa shape index (κ2) is 10.5. The van der Waals surface area contributed by atoms with Gasteiger partial charge in [-0.2, -0.15) is 4.31 Å². The number of hydrogen-bond donors (Lipinski definition) is 1. The lowest BCUT2D eigenvalue weighted by atomic mass is 10.1. The number of nitrogens with zero attached hydrogens (tertiary/aromatic N) is 1. The van der Waals surface area contributed by atoms with Crippen molar-refractivity contribution in [2.45, 2.75) is 25.3 Å². The van der Waals surface area contributed by atoms with Gasteiger partial charge in [-0.25, -0.2) is 8.42 Å². The molecule has 8 heteroatoms. The van der Waals surface area contributed by atoms with Crippen molar-refractivity contribution in [1.82, 2.24) is 4.31 Å². The lowest BCUT2D eigenvalue weighted by molar-refractivity contribution is -0.116. The standard InChI is InChI=1S/C25H28N2O5S/c1-18-5-9-20(10-6-18)16-27(33(29,30)22-12-7-19(2)8-13-22)17-25(28)26-21-11-14-23(31-3)24(15-21)32-4/h5-15H,16-17H2,1-4H3,(H,26,28). The molecular weight excluding hydrogens is 440 g/mol. The Balaban J connectivity index is 1.86. The van der Waals surface area contributed by atoms with Crippen LogP contribution in [0.5, 0.6) is 11.5 Å². The van der Waals surface area contributed by atoms with E-state index in [-0.39, 0.29) is 18.0 Å². The Morgan fingerprint density at radius 3 is 2.00 bits per heavy atom. The molecule has 3 aromatic carbocycles. The number of nitrogens with one attached hydrogen (secondary N) is 1. The fraction of sp³-hybridized carbons (Fsp3) is 0.240. The molecule has 0 spiro atoms. The monoisotopic (exact) mass is 468 g/mol. The third-order valence-electron chi connectivity index (χ3n) is 5.13. The summed E-state index contributed by atoms with van der Waals surface area (Å²) in [7, 11) is -0.885. The predicted octanol–water partition coefficient (Wildman–Crippen LogP) is 4.15. The number of anilines is 1. The molecular formula is C25H28N2O5S. The molecule has 1 N–H and O–H groups in total. The molecule has 1 amide bonds. The first-order valence-electron chi connectivity index (χ1n) is 10.4. The molecule has 0 aliphatic carbocycles. The molecule has 0 radical (unpaired) electrons. The van der Waals surface area contributed by atoms with E-state index in [9.17, 15) is 13.2 Å². The van der Waals surface area contributed by atoms with Crippen molar-refractivity contribution in [1.29, 1.82) is 0 Å². The molecule has 0 unspecified atom stereocenters. The van der Waals surface area contributed by atoms with Gasteiger partial charge in [-0.15, -0.1) is 0 Å². The Morgan fingerprint density at radius 1 is 0.848 bits per heavy atom. The van der Waals surface area contributed by atoms with Gasteiger partial charge in [0.25, 0.3) is 0 Å². The summed E-state index contributed by atoms with van der Waals surface area (Å²) in [5, 5.41) is 2.75. The van der Waals surface area contributed by atoms with Gasteiger partial charge in [-0.1, -0.05) is 47.5 Å². The van der Waals surface area contributed by atoms with Gasteiger partial charge >= 0.3 is 0 Å². The number of sulfonamides is 1. The first kappa shape index (κ1) is 24.3. The number of rotatable bonds is 9. The molecule has 0 fully saturated rings. The zero-order valence-corrected chi connectivity index (χ0v) is 20.0. The number of carbonyl (C=O) groups excluding carboxylic acids is 1. The van der Waals surface area contributed by atoms with E-state index in [1.54, 1.807) is 42.5 Å². The minimum Gasteiger partial charge on any atom is -0.493 e. The minimum absolute atomic E-state index is 0.0653. The van der Waals surface area contributed by atoms with Crippen LogP contribution in [0, 0.1) is 13.8 Å². The highest BCUT2D eigenvalue weighted by atomic mass is 32.2. The van der Waals surface area contributed by atoms with Crippen molar-refractivity contribution in [2.24, 2.45) is 0 Å². The summed E-state index contributed by atoms with van der Waals surface area (Å²) in [5.74, 6) is 0.516. The first-order chi connectivity index (χ1) is 15.7. The highest BCUT2D eigenvalue weighted by molar-refractivity contribution is 7.89. The highest BCUT2D eigenvalue weighted by Crippen LogP contribution is 2.29. The fourth-order valence-electron chi connectivity index (χ4n) is 3.26. The van der Waals surface area contributed by atoms with E-state index in [1.807, 2.05) is 38.1 Å². The summed E-state index contributed by atoms with van der Waals surface area (Å²) in [6.07, 6.45) is 0. The van der Waals surface area contributed by atoms with Crippen LogP contribution in [0.1, 0.15) is 16.7 Å². The first-order valence-corrected chi connectivity index (χ1v) is 11.8. The van der Waals surface area contributed by atoms with Crippen molar-refractivity contribution in [3.63, 3.8) is 0 Å². The molecule has 7 nitrogen and oxygen atoms in total. The summed E-state index contributed by atoms with van der Waals surface area (Å²) in [6.45, 7) is 3.56. The number of hydrogen-bond acceptors (Lipinski definition) is 5. The molecule has 0 aromatic heterocycles. The lowest BCUT2D eigenvalue weighted by Gasteiger charge is -2.22. The SMILES string of the molecule is COc1ccc(NC(=O)CN(Cc2ccc(C)cc2)S(=O)(=O)c2ccc(C)cc2)cc1OC. The number of methoxy groups -OCH3 is 2. The van der Waals surface area contributed by atoms with Crippen LogP contribution in [0.2, 0.25) is 0 Å². The van der Waals surface area contributed by atoms with Gasteiger partial charge in [0.2, 0.25) is 15.9 Å². The van der Waals surface area contributed by atoms with E-state index < -0.39 is 15.9 Å². The second-order valence-corrected chi connectivity index (χ2v) is 9.63. The number of amides is 1. The van der Waals surface area contributed by atoms with Crippen LogP contribution >= 0.6 is 0 Å². The largest absolute Gasteiger partial charge is 0.493 e. The van der Waals surface area contributed by atoms with Crippen LogP contribution in [0.3, 0.4) is 0 Å². The van der Waals surface area contributed by atoms with Crippen molar-refractivity contribution in [3.05, 3.63) is 83.4 Å². The van der Waals surface area contributed by atoms with E-state index in [0.29, 0.717) is 17.2 Å². The van der Waals surface area contributed by atoms with Gasteiger partial charge in [-0.05, 0) is 43.7 Å². The van der Waals surface area contributed by atoms with E-state index in [1.165, 1.54) is 18.5 Å². The second-order valence-electron chi connectivity index (χ2n) is 7.69. The maximum atomic E-state index is 13.4. The van der Waals surface area contributed by atoms with E-state index >= 15 is 0 Å². The summed E-state index contributed by atoms with van der Waals surface area (Å²) >= 11 is 0. The third kappa shape index (κ3) is 6.12. The molecule has 174 valence electrons. The smallest absolute Gasteiger partial charge is 0.243 e. The molecule has 0 aliphatic heterocycles. The van der Waals surface area contributed by atoms with Gasteiger partial charge in [0.15, 0.2) is 11.5 Å². The zero-order valence-electron chi connectivity index (χ0n) is 19.2. The van der Waals surface area contributed by atoms with E-state index in [0.717, 1.165) is 16.7 Å². The molecule has 3 aromatic rings. The van der Waals surface area contributed by atoms with Crippen LogP contribution in [-0.4, -0.2) is 39.4 Å². The van der Waals surface area contributed by atoms with Gasteiger partial charge in [0.05, 0.1) is 25.7 Å². The van der Waals surface area contributed by atoms with Crippen LogP contribution in [0.4, 0.5) is 5.69 Å². The molecule has 0 bridgehead atoms. The van der Waals surface area contributed by atoms with Gasteiger partial charge in [0.1, 0.15) is 0 Å². The summed E-state index contributed by atoms with van der Waals surface area (Å²) in [4.78, 5) is 13.0. The van der Waals surface area contributed by atoms with Crippen molar-refractivity contribution in [2.75, 3.05) is 26.1 Å². The topological polar surface area (TPSA) is 84.9 Å². The van der Waals surface area contributed by atoms with Gasteiger partial charge < -0.3 is 14.8 Å². The van der Waals surface area contributed by atoms with Crippen LogP contribution in [0.15, 0.2) is 71.6 Å². The average molecular weight is 469 g/mol. The summed E-state index contributed by atoms with van der Waals surface area (Å²) in [6, 6.07) is 19.1. The molecule has 0 saturated carbocycles. The Bertz CT molecular complexity index is 1210. The summed E-state index contributed by atoms with van der Waals surface area (Å²) < 4.78 is 38.5. The quantitative estimate of drug-likeness (QED) is 0.510. The van der Waals surface area contributed by atoms with Crippen LogP contribution < -0.4 is 14.8 Å². The Kier molecular flexibility index (Phi) is 7.73. The van der Waals surface area contributed by atoms with Crippen LogP contribution in [0.25, 0.3) is 0 Å². The number of ether oxygens (including phenoxy) is 2. The number of aryl methyl sites for hydroxylation is 2. The summed E-state index contributed by atoms with van der Waals surface area (Å²) in [5.41, 5.74) is 3.28. The Morgan fingerprint density at radius 2 is 1.42 bits per heavy atom. The number of benzene rings is 3.